The van der Waals surface area contributed by atoms with Gasteiger partial charge < -0.3 is 5.73 Å². The molecule has 0 spiro atoms. The van der Waals surface area contributed by atoms with Gasteiger partial charge in [0.1, 0.15) is 0 Å². The minimum atomic E-state index is 0.615. The fourth-order valence-corrected chi connectivity index (χ4v) is 4.39. The predicted octanol–water partition coefficient (Wildman–Crippen LogP) is 6.36. The third-order valence-electron chi connectivity index (χ3n) is 5.46. The van der Waals surface area contributed by atoms with Crippen molar-refractivity contribution in [3.05, 3.63) is 71.3 Å². The summed E-state index contributed by atoms with van der Waals surface area (Å²) in [6.45, 7) is 5.14. The Kier molecular flexibility index (Phi) is 4.65. The van der Waals surface area contributed by atoms with Gasteiger partial charge in [-0.1, -0.05) is 81.3 Å². The monoisotopic (exact) mass is 341 g/mol. The zero-order chi connectivity index (χ0) is 18.1. The van der Waals surface area contributed by atoms with E-state index in [1.165, 1.54) is 50.1 Å². The molecule has 0 amide bonds. The highest BCUT2D eigenvalue weighted by Crippen LogP contribution is 2.52. The van der Waals surface area contributed by atoms with Crippen LogP contribution in [0.1, 0.15) is 43.4 Å². The van der Waals surface area contributed by atoms with Gasteiger partial charge in [0.15, 0.2) is 0 Å². The van der Waals surface area contributed by atoms with Crippen LogP contribution in [0.25, 0.3) is 33.4 Å². The first-order valence-corrected chi connectivity index (χ1v) is 9.86. The van der Waals surface area contributed by atoms with Crippen molar-refractivity contribution in [1.29, 1.82) is 0 Å². The smallest absolute Gasteiger partial charge is 0.0178 e. The maximum absolute atomic E-state index is 6.00. The van der Waals surface area contributed by atoms with E-state index in [9.17, 15) is 0 Å². The minimum Gasteiger partial charge on any atom is -0.326 e. The van der Waals surface area contributed by atoms with E-state index < -0.39 is 0 Å². The first-order chi connectivity index (χ1) is 12.8. The minimum absolute atomic E-state index is 0.615. The second kappa shape index (κ2) is 7.09. The Morgan fingerprint density at radius 3 is 1.85 bits per heavy atom. The van der Waals surface area contributed by atoms with E-state index in [0.717, 1.165) is 25.7 Å². The topological polar surface area (TPSA) is 26.0 Å². The van der Waals surface area contributed by atoms with Crippen LogP contribution in [0.3, 0.4) is 0 Å². The van der Waals surface area contributed by atoms with Crippen molar-refractivity contribution < 1.29 is 0 Å². The highest BCUT2D eigenvalue weighted by Gasteiger charge is 2.26. The van der Waals surface area contributed by atoms with Gasteiger partial charge in [-0.2, -0.15) is 0 Å². The van der Waals surface area contributed by atoms with Crippen LogP contribution in [-0.4, -0.2) is 0 Å². The van der Waals surface area contributed by atoms with Crippen molar-refractivity contribution in [1.82, 2.24) is 0 Å². The van der Waals surface area contributed by atoms with Crippen LogP contribution in [0.4, 0.5) is 0 Å². The summed E-state index contributed by atoms with van der Waals surface area (Å²) < 4.78 is 0. The van der Waals surface area contributed by atoms with Crippen LogP contribution in [0, 0.1) is 0 Å². The molecule has 3 aromatic carbocycles. The third kappa shape index (κ3) is 2.68. The lowest BCUT2D eigenvalue weighted by molar-refractivity contribution is 0.889. The average molecular weight is 341 g/mol. The van der Waals surface area contributed by atoms with Crippen molar-refractivity contribution in [2.45, 2.75) is 46.1 Å². The van der Waals surface area contributed by atoms with Crippen LogP contribution >= 0.6 is 0 Å². The molecular formula is C25H27N. The zero-order valence-corrected chi connectivity index (χ0v) is 15.8. The van der Waals surface area contributed by atoms with Crippen molar-refractivity contribution in [3.63, 3.8) is 0 Å². The van der Waals surface area contributed by atoms with Gasteiger partial charge in [-0.3, -0.25) is 0 Å². The van der Waals surface area contributed by atoms with Crippen molar-refractivity contribution in [2.24, 2.45) is 5.73 Å². The summed E-state index contributed by atoms with van der Waals surface area (Å²) in [5, 5.41) is 0. The zero-order valence-electron chi connectivity index (χ0n) is 15.8. The number of aryl methyl sites for hydroxylation is 2. The highest BCUT2D eigenvalue weighted by molar-refractivity contribution is 6.09. The van der Waals surface area contributed by atoms with E-state index in [1.807, 2.05) is 0 Å². The largest absolute Gasteiger partial charge is 0.326 e. The molecule has 0 bridgehead atoms. The quantitative estimate of drug-likeness (QED) is 0.433. The lowest BCUT2D eigenvalue weighted by Crippen LogP contribution is -2.06. The Hall–Kier alpha value is -2.38. The van der Waals surface area contributed by atoms with E-state index in [4.69, 9.17) is 5.73 Å². The van der Waals surface area contributed by atoms with E-state index in [-0.39, 0.29) is 0 Å². The van der Waals surface area contributed by atoms with E-state index in [0.29, 0.717) is 6.54 Å². The molecule has 1 heteroatoms. The highest BCUT2D eigenvalue weighted by atomic mass is 14.5. The summed E-state index contributed by atoms with van der Waals surface area (Å²) in [7, 11) is 0. The molecule has 132 valence electrons. The van der Waals surface area contributed by atoms with Crippen molar-refractivity contribution in [2.75, 3.05) is 0 Å². The molecule has 0 unspecified atom stereocenters. The summed E-state index contributed by atoms with van der Waals surface area (Å²) in [6, 6.07) is 20.2. The van der Waals surface area contributed by atoms with Gasteiger partial charge in [0, 0.05) is 6.54 Å². The molecule has 0 aliphatic heterocycles. The summed E-state index contributed by atoms with van der Waals surface area (Å²) >= 11 is 0. The van der Waals surface area contributed by atoms with Gasteiger partial charge in [0.25, 0.3) is 0 Å². The summed E-state index contributed by atoms with van der Waals surface area (Å²) in [6.07, 6.45) is 4.51. The standard InChI is InChI=1S/C25H27N/c1-3-8-18-14-17(16-26)15-19(9-4-2)24(18)23-13-7-12-22-20-10-5-6-11-21(20)25(22)23/h5-7,10-15H,3-4,8-9,16,26H2,1-2H3. The third-order valence-corrected chi connectivity index (χ3v) is 5.46. The number of fused-ring (bicyclic) bond motifs is 4. The Labute approximate surface area is 156 Å². The number of hydrogen-bond donors (Lipinski definition) is 1. The van der Waals surface area contributed by atoms with Crippen molar-refractivity contribution in [3.8, 4) is 33.4 Å². The van der Waals surface area contributed by atoms with Crippen LogP contribution in [0.5, 0.6) is 0 Å². The molecule has 0 radical (unpaired) electrons. The Morgan fingerprint density at radius 1 is 0.654 bits per heavy atom. The van der Waals surface area contributed by atoms with Crippen LogP contribution in [0.2, 0.25) is 0 Å². The number of hydrogen-bond acceptors (Lipinski definition) is 1. The normalized spacial score (nSPS) is 11.7. The molecule has 0 atom stereocenters. The summed E-state index contributed by atoms with van der Waals surface area (Å²) in [5.41, 5.74) is 18.6. The van der Waals surface area contributed by atoms with Crippen LogP contribution in [0.15, 0.2) is 54.6 Å². The lowest BCUT2D eigenvalue weighted by Gasteiger charge is -2.29. The lowest BCUT2D eigenvalue weighted by atomic mass is 9.75. The SMILES string of the molecule is CCCc1cc(CN)cc(CCC)c1-c1cccc2c1-c1ccccc1-2. The summed E-state index contributed by atoms with van der Waals surface area (Å²) in [5.74, 6) is 0. The molecule has 0 fully saturated rings. The Morgan fingerprint density at radius 2 is 1.23 bits per heavy atom. The fraction of sp³-hybridized carbons (Fsp3) is 0.280. The number of benzene rings is 3. The maximum atomic E-state index is 6.00. The van der Waals surface area contributed by atoms with Gasteiger partial charge in [-0.05, 0) is 62.9 Å². The first kappa shape index (κ1) is 17.1. The molecule has 0 heterocycles. The molecule has 1 nitrogen and oxygen atoms in total. The predicted molar refractivity (Wildman–Crippen MR) is 112 cm³/mol. The maximum Gasteiger partial charge on any atom is 0.0178 e. The molecule has 2 N–H and O–H groups in total. The van der Waals surface area contributed by atoms with Gasteiger partial charge in [0.2, 0.25) is 0 Å². The second-order valence-corrected chi connectivity index (χ2v) is 7.27. The van der Waals surface area contributed by atoms with Crippen molar-refractivity contribution >= 4 is 0 Å². The molecule has 3 aromatic rings. The number of nitrogens with two attached hydrogens (primary N) is 1. The molecule has 0 aromatic heterocycles. The molecular weight excluding hydrogens is 314 g/mol. The average Bonchev–Trinajstić information content (AvgIpc) is 2.66. The molecule has 1 aliphatic rings. The van der Waals surface area contributed by atoms with Gasteiger partial charge in [-0.15, -0.1) is 0 Å². The summed E-state index contributed by atoms with van der Waals surface area (Å²) in [4.78, 5) is 0. The molecule has 4 rings (SSSR count). The van der Waals surface area contributed by atoms with Crippen LogP contribution in [-0.2, 0) is 19.4 Å². The Bertz CT molecular complexity index is 925. The van der Waals surface area contributed by atoms with Gasteiger partial charge in [-0.25, -0.2) is 0 Å². The van der Waals surface area contributed by atoms with Gasteiger partial charge >= 0.3 is 0 Å². The molecule has 0 saturated carbocycles. The fourth-order valence-electron chi connectivity index (χ4n) is 4.39. The van der Waals surface area contributed by atoms with E-state index in [2.05, 4.69) is 68.4 Å². The molecule has 26 heavy (non-hydrogen) atoms. The first-order valence-electron chi connectivity index (χ1n) is 9.86. The van der Waals surface area contributed by atoms with E-state index in [1.54, 1.807) is 0 Å². The molecule has 0 saturated heterocycles. The van der Waals surface area contributed by atoms with Crippen LogP contribution < -0.4 is 5.73 Å². The second-order valence-electron chi connectivity index (χ2n) is 7.27. The molecule has 1 aliphatic carbocycles. The Balaban J connectivity index is 1.96. The van der Waals surface area contributed by atoms with Gasteiger partial charge in [0.05, 0.1) is 0 Å². The number of rotatable bonds is 6. The van der Waals surface area contributed by atoms with E-state index >= 15 is 0 Å².